The van der Waals surface area contributed by atoms with E-state index in [-0.39, 0.29) is 22.8 Å². The van der Waals surface area contributed by atoms with Gasteiger partial charge in [-0.15, -0.1) is 0 Å². The minimum Gasteiger partial charge on any atom is -0.508 e. The number of aromatic hydroxyl groups is 2. The van der Waals surface area contributed by atoms with Crippen molar-refractivity contribution in [3.05, 3.63) is 47.4 Å². The maximum atomic E-state index is 12.3. The second-order valence-electron chi connectivity index (χ2n) is 5.24. The number of aliphatic hydroxyl groups excluding tert-OH is 3. The number of benzene rings is 1. The first-order valence-corrected chi connectivity index (χ1v) is 6.59. The number of carbonyl (C=O) groups is 1. The number of phenols is 2. The van der Waals surface area contributed by atoms with E-state index in [0.717, 1.165) is 6.08 Å². The van der Waals surface area contributed by atoms with E-state index in [2.05, 4.69) is 0 Å². The lowest BCUT2D eigenvalue weighted by atomic mass is 9.83. The van der Waals surface area contributed by atoms with Gasteiger partial charge >= 0.3 is 0 Å². The molecule has 0 bridgehead atoms. The van der Waals surface area contributed by atoms with Gasteiger partial charge < -0.3 is 30.3 Å². The highest BCUT2D eigenvalue weighted by molar-refractivity contribution is 5.90. The molecule has 7 heteroatoms. The van der Waals surface area contributed by atoms with Gasteiger partial charge in [-0.3, -0.25) is 4.79 Å². The molecule has 4 unspecified atom stereocenters. The highest BCUT2D eigenvalue weighted by atomic mass is 16.5. The van der Waals surface area contributed by atoms with Gasteiger partial charge in [0.1, 0.15) is 17.4 Å². The number of Topliss-reactive ketones (excluding diaryl/α,β-unsaturated/α-hetero) is 1. The van der Waals surface area contributed by atoms with Gasteiger partial charge in [-0.2, -0.15) is 0 Å². The first-order valence-electron chi connectivity index (χ1n) is 6.59. The number of hydrogen-bond acceptors (Lipinski definition) is 7. The van der Waals surface area contributed by atoms with Crippen LogP contribution in [0, 0.1) is 5.92 Å². The summed E-state index contributed by atoms with van der Waals surface area (Å²) in [6, 6.07) is 3.77. The molecule has 5 N–H and O–H groups in total. The van der Waals surface area contributed by atoms with Crippen LogP contribution < -0.4 is 0 Å². The minimum atomic E-state index is -1.55. The molecule has 2 aliphatic rings. The number of fused-ring (bicyclic) bond motifs is 1. The predicted octanol–water partition coefficient (Wildman–Crippen LogP) is 0.416. The molecular weight excluding hydrogens is 292 g/mol. The van der Waals surface area contributed by atoms with Gasteiger partial charge in [0.25, 0.3) is 0 Å². The Labute approximate surface area is 125 Å². The van der Waals surface area contributed by atoms with Crippen LogP contribution in [0.1, 0.15) is 11.7 Å². The Morgan fingerprint density at radius 3 is 2.45 bits per heavy atom. The largest absolute Gasteiger partial charge is 0.508 e. The summed E-state index contributed by atoms with van der Waals surface area (Å²) in [6.45, 7) is 0. The van der Waals surface area contributed by atoms with E-state index >= 15 is 0 Å². The van der Waals surface area contributed by atoms with Crippen molar-refractivity contribution < 1.29 is 35.1 Å². The number of ketones is 1. The van der Waals surface area contributed by atoms with Gasteiger partial charge in [0.15, 0.2) is 29.5 Å². The zero-order valence-corrected chi connectivity index (χ0v) is 11.2. The summed E-state index contributed by atoms with van der Waals surface area (Å²) >= 11 is 0. The Balaban J connectivity index is 1.99. The number of carbonyl (C=O) groups excluding carboxylic acids is 1. The SMILES string of the molecule is O=C1C(O)C(c2ccc(O)c(O)c2)OC2=CC(O)=CC(O)C12. The van der Waals surface area contributed by atoms with Crippen molar-refractivity contribution in [1.29, 1.82) is 0 Å². The summed E-state index contributed by atoms with van der Waals surface area (Å²) < 4.78 is 5.53. The molecule has 22 heavy (non-hydrogen) atoms. The van der Waals surface area contributed by atoms with Crippen molar-refractivity contribution in [3.8, 4) is 11.5 Å². The average molecular weight is 306 g/mol. The summed E-state index contributed by atoms with van der Waals surface area (Å²) in [5, 5.41) is 48.3. The third kappa shape index (κ3) is 2.20. The molecule has 3 rings (SSSR count). The molecule has 116 valence electrons. The van der Waals surface area contributed by atoms with Crippen molar-refractivity contribution in [3.63, 3.8) is 0 Å². The fourth-order valence-corrected chi connectivity index (χ4v) is 2.65. The standard InChI is InChI=1S/C15H14O7/c16-7-4-10(19)12-11(5-7)22-15(14(21)13(12)20)6-1-2-8(17)9(18)3-6/h1-5,10,12,14-19,21H. The van der Waals surface area contributed by atoms with Crippen molar-refractivity contribution in [2.75, 3.05) is 0 Å². The van der Waals surface area contributed by atoms with Crippen LogP contribution >= 0.6 is 0 Å². The maximum absolute atomic E-state index is 12.3. The molecule has 1 aromatic rings. The Bertz CT molecular complexity index is 691. The number of allylic oxidation sites excluding steroid dienone is 1. The van der Waals surface area contributed by atoms with Crippen molar-refractivity contribution in [2.45, 2.75) is 18.3 Å². The minimum absolute atomic E-state index is 0.0420. The van der Waals surface area contributed by atoms with E-state index in [9.17, 15) is 30.3 Å². The molecule has 4 atom stereocenters. The van der Waals surface area contributed by atoms with Gasteiger partial charge in [0.2, 0.25) is 0 Å². The Hall–Kier alpha value is -2.51. The second kappa shape index (κ2) is 5.04. The van der Waals surface area contributed by atoms with Crippen LogP contribution in [0.3, 0.4) is 0 Å². The summed E-state index contributed by atoms with van der Waals surface area (Å²) in [5.41, 5.74) is 0.277. The third-order valence-electron chi connectivity index (χ3n) is 3.76. The van der Waals surface area contributed by atoms with Crippen LogP contribution in [0.25, 0.3) is 0 Å². The van der Waals surface area contributed by atoms with E-state index in [4.69, 9.17) is 4.74 Å². The summed E-state index contributed by atoms with van der Waals surface area (Å²) in [4.78, 5) is 12.3. The summed E-state index contributed by atoms with van der Waals surface area (Å²) in [5.74, 6) is -2.68. The lowest BCUT2D eigenvalue weighted by Crippen LogP contribution is -2.46. The first-order chi connectivity index (χ1) is 10.4. The molecule has 0 radical (unpaired) electrons. The van der Waals surface area contributed by atoms with E-state index in [0.29, 0.717) is 0 Å². The van der Waals surface area contributed by atoms with Gasteiger partial charge in [0, 0.05) is 6.08 Å². The normalized spacial score (nSPS) is 30.9. The molecule has 0 saturated carbocycles. The molecule has 0 aromatic heterocycles. The van der Waals surface area contributed by atoms with Crippen molar-refractivity contribution in [1.82, 2.24) is 0 Å². The van der Waals surface area contributed by atoms with Crippen LogP contribution in [-0.2, 0) is 9.53 Å². The fraction of sp³-hybridized carbons (Fsp3) is 0.267. The van der Waals surface area contributed by atoms with Gasteiger partial charge in [0.05, 0.1) is 6.10 Å². The molecule has 1 heterocycles. The van der Waals surface area contributed by atoms with Crippen LogP contribution in [0.15, 0.2) is 41.9 Å². The molecule has 1 fully saturated rings. The topological polar surface area (TPSA) is 127 Å². The Morgan fingerprint density at radius 1 is 1.05 bits per heavy atom. The van der Waals surface area contributed by atoms with E-state index < -0.39 is 35.8 Å². The van der Waals surface area contributed by atoms with Crippen LogP contribution in [-0.4, -0.2) is 43.5 Å². The van der Waals surface area contributed by atoms with E-state index in [1.807, 2.05) is 0 Å². The smallest absolute Gasteiger partial charge is 0.178 e. The highest BCUT2D eigenvalue weighted by Gasteiger charge is 2.46. The number of aliphatic hydroxyl groups is 3. The molecule has 7 nitrogen and oxygen atoms in total. The Kier molecular flexibility index (Phi) is 3.31. The first kappa shape index (κ1) is 14.4. The zero-order chi connectivity index (χ0) is 16.0. The molecular formula is C15H14O7. The quantitative estimate of drug-likeness (QED) is 0.476. The molecule has 0 spiro atoms. The predicted molar refractivity (Wildman–Crippen MR) is 72.9 cm³/mol. The van der Waals surface area contributed by atoms with E-state index in [1.165, 1.54) is 24.3 Å². The lowest BCUT2D eigenvalue weighted by molar-refractivity contribution is -0.151. The molecule has 1 saturated heterocycles. The summed E-state index contributed by atoms with van der Waals surface area (Å²) in [7, 11) is 0. The second-order valence-corrected chi connectivity index (χ2v) is 5.24. The highest BCUT2D eigenvalue weighted by Crippen LogP contribution is 2.40. The van der Waals surface area contributed by atoms with Gasteiger partial charge in [-0.05, 0) is 23.8 Å². The van der Waals surface area contributed by atoms with Crippen molar-refractivity contribution >= 4 is 5.78 Å². The van der Waals surface area contributed by atoms with E-state index in [1.54, 1.807) is 0 Å². The third-order valence-corrected chi connectivity index (χ3v) is 3.76. The lowest BCUT2D eigenvalue weighted by Gasteiger charge is -2.37. The van der Waals surface area contributed by atoms with Crippen LogP contribution in [0.5, 0.6) is 11.5 Å². The average Bonchev–Trinajstić information content (AvgIpc) is 2.45. The number of rotatable bonds is 1. The van der Waals surface area contributed by atoms with Gasteiger partial charge in [-0.25, -0.2) is 0 Å². The zero-order valence-electron chi connectivity index (χ0n) is 11.2. The molecule has 0 amide bonds. The Morgan fingerprint density at radius 2 is 1.77 bits per heavy atom. The monoisotopic (exact) mass is 306 g/mol. The number of ether oxygens (including phenoxy) is 1. The number of phenolic OH excluding ortho intramolecular Hbond substituents is 2. The summed E-state index contributed by atoms with van der Waals surface area (Å²) in [6.07, 6.45) is -1.64. The number of hydrogen-bond donors (Lipinski definition) is 5. The maximum Gasteiger partial charge on any atom is 0.178 e. The van der Waals surface area contributed by atoms with Crippen molar-refractivity contribution in [2.24, 2.45) is 5.92 Å². The van der Waals surface area contributed by atoms with Crippen LogP contribution in [0.2, 0.25) is 0 Å². The molecule has 1 aliphatic carbocycles. The molecule has 1 aromatic carbocycles. The molecule has 1 aliphatic heterocycles. The van der Waals surface area contributed by atoms with Gasteiger partial charge in [-0.1, -0.05) is 6.07 Å². The fourth-order valence-electron chi connectivity index (χ4n) is 2.65. The van der Waals surface area contributed by atoms with Crippen LogP contribution in [0.4, 0.5) is 0 Å².